The van der Waals surface area contributed by atoms with Crippen LogP contribution in [0.4, 0.5) is 19.7 Å². The predicted molar refractivity (Wildman–Crippen MR) is 187 cm³/mol. The molecule has 0 aliphatic carbocycles. The first-order valence-electron chi connectivity index (χ1n) is 16.8. The van der Waals surface area contributed by atoms with Crippen LogP contribution in [0.2, 0.25) is 0 Å². The molecule has 278 valence electrons. The van der Waals surface area contributed by atoms with Gasteiger partial charge in [0.1, 0.15) is 23.7 Å². The van der Waals surface area contributed by atoms with Crippen molar-refractivity contribution in [2.24, 2.45) is 10.7 Å². The number of aromatic nitrogens is 5. The number of amides is 1. The first-order chi connectivity index (χ1) is 25.2. The molecule has 0 saturated heterocycles. The zero-order valence-electron chi connectivity index (χ0n) is 29.7. The fraction of sp³-hybridized carbons (Fsp3) is 0.400. The van der Waals surface area contributed by atoms with E-state index in [1.54, 1.807) is 37.3 Å². The fourth-order valence-corrected chi connectivity index (χ4v) is 4.68. The molecule has 0 radical (unpaired) electrons. The smallest absolute Gasteiger partial charge is 0.497 e. The summed E-state index contributed by atoms with van der Waals surface area (Å²) in [7, 11) is 1.44. The molecule has 4 rings (SSSR count). The summed E-state index contributed by atoms with van der Waals surface area (Å²) >= 11 is 0. The van der Waals surface area contributed by atoms with Crippen LogP contribution in [-0.2, 0) is 14.2 Å². The van der Waals surface area contributed by atoms with E-state index < -0.39 is 30.9 Å². The molecule has 0 fully saturated rings. The number of methoxy groups -OCH3 is 1. The van der Waals surface area contributed by atoms with Crippen LogP contribution in [0, 0.1) is 5.82 Å². The maximum Gasteiger partial charge on any atom is 0.511 e. The quantitative estimate of drug-likeness (QED) is 0.0391. The summed E-state index contributed by atoms with van der Waals surface area (Å²) in [5.74, 6) is -0.401. The molecule has 0 bridgehead atoms. The first kappa shape index (κ1) is 38.8. The van der Waals surface area contributed by atoms with Crippen molar-refractivity contribution in [3.63, 3.8) is 0 Å². The van der Waals surface area contributed by atoms with Crippen molar-refractivity contribution in [1.82, 2.24) is 24.7 Å². The summed E-state index contributed by atoms with van der Waals surface area (Å²) in [6.45, 7) is 7.33. The second-order valence-electron chi connectivity index (χ2n) is 11.0. The SMILES string of the molecule is CCCCOC(=O)N=C(N)c1ccc(N[C@@H](c2nc(OCOC(=O)OC(CC)CC)n(-c3ncccn3)n2)c2cc(OC)cc(OCC)c2F)cc1. The third-order valence-corrected chi connectivity index (χ3v) is 7.45. The molecule has 2 heterocycles. The molecule has 2 aromatic carbocycles. The Bertz CT molecular complexity index is 1790. The number of nitrogens with one attached hydrogen (secondary N) is 1. The van der Waals surface area contributed by atoms with E-state index in [1.807, 2.05) is 20.8 Å². The van der Waals surface area contributed by atoms with Crippen molar-refractivity contribution in [3.8, 4) is 23.5 Å². The second kappa shape index (κ2) is 19.4. The molecule has 0 saturated carbocycles. The minimum atomic E-state index is -1.10. The summed E-state index contributed by atoms with van der Waals surface area (Å²) in [5.41, 5.74) is 7.05. The zero-order valence-corrected chi connectivity index (χ0v) is 29.7. The number of halogens is 1. The van der Waals surface area contributed by atoms with Crippen LogP contribution in [0.25, 0.3) is 5.95 Å². The van der Waals surface area contributed by atoms with Gasteiger partial charge in [0.25, 0.3) is 5.95 Å². The highest BCUT2D eigenvalue weighted by Crippen LogP contribution is 2.36. The average Bonchev–Trinajstić information content (AvgIpc) is 3.58. The number of amidine groups is 1. The van der Waals surface area contributed by atoms with Gasteiger partial charge >= 0.3 is 18.3 Å². The maximum atomic E-state index is 16.2. The van der Waals surface area contributed by atoms with Crippen molar-refractivity contribution >= 4 is 23.8 Å². The van der Waals surface area contributed by atoms with E-state index >= 15 is 4.39 Å². The summed E-state index contributed by atoms with van der Waals surface area (Å²) in [5, 5.41) is 7.84. The van der Waals surface area contributed by atoms with Gasteiger partial charge in [0.2, 0.25) is 6.79 Å². The molecule has 0 aliphatic heterocycles. The summed E-state index contributed by atoms with van der Waals surface area (Å²) < 4.78 is 49.6. The van der Waals surface area contributed by atoms with Crippen LogP contribution >= 0.6 is 0 Å². The van der Waals surface area contributed by atoms with Crippen molar-refractivity contribution in [2.75, 3.05) is 32.4 Å². The van der Waals surface area contributed by atoms with Gasteiger partial charge in [-0.2, -0.15) is 9.98 Å². The van der Waals surface area contributed by atoms with Gasteiger partial charge in [-0.25, -0.2) is 23.9 Å². The molecular weight excluding hydrogens is 679 g/mol. The van der Waals surface area contributed by atoms with Crippen molar-refractivity contribution in [2.45, 2.75) is 65.5 Å². The molecule has 1 amide bonds. The second-order valence-corrected chi connectivity index (χ2v) is 11.0. The van der Waals surface area contributed by atoms with E-state index in [0.29, 0.717) is 36.3 Å². The van der Waals surface area contributed by atoms with Gasteiger partial charge in [-0.1, -0.05) is 27.2 Å². The van der Waals surface area contributed by atoms with Crippen LogP contribution in [0.15, 0.2) is 59.9 Å². The third-order valence-electron chi connectivity index (χ3n) is 7.45. The zero-order chi connectivity index (χ0) is 37.5. The molecular formula is C35H43FN8O8. The highest BCUT2D eigenvalue weighted by Gasteiger charge is 2.29. The van der Waals surface area contributed by atoms with E-state index in [4.69, 9.17) is 34.2 Å². The summed E-state index contributed by atoms with van der Waals surface area (Å²) in [6.07, 6.45) is 3.78. The Hall–Kier alpha value is -6.00. The van der Waals surface area contributed by atoms with Gasteiger partial charge in [-0.05, 0) is 62.6 Å². The number of benzene rings is 2. The van der Waals surface area contributed by atoms with Crippen LogP contribution < -0.4 is 25.3 Å². The molecule has 4 aromatic rings. The van der Waals surface area contributed by atoms with Crippen LogP contribution in [0.5, 0.6) is 17.5 Å². The number of hydrogen-bond donors (Lipinski definition) is 2. The van der Waals surface area contributed by atoms with Gasteiger partial charge in [0.05, 0.1) is 20.3 Å². The number of hydrogen-bond acceptors (Lipinski definition) is 13. The lowest BCUT2D eigenvalue weighted by molar-refractivity contribution is -0.0196. The predicted octanol–water partition coefficient (Wildman–Crippen LogP) is 6.13. The standard InChI is InChI=1S/C35H43FN8O8/c1-6-10-18-49-34(45)41-30(37)22-12-14-23(15-13-22)40-29(26-19-25(47-5)20-27(28(26)36)48-9-4)31-42-33(44(43-31)32-38-16-11-17-39-32)50-21-51-35(46)52-24(7-2)8-3/h11-17,19-20,24,29,40H,6-10,18,21H2,1-5H3,(H2,37,41,45)/t29-/m1/s1. The Morgan fingerprint density at radius 3 is 2.40 bits per heavy atom. The molecule has 17 heteroatoms. The van der Waals surface area contributed by atoms with Crippen molar-refractivity contribution < 1.29 is 42.4 Å². The summed E-state index contributed by atoms with van der Waals surface area (Å²) in [4.78, 5) is 41.2. The highest BCUT2D eigenvalue weighted by atomic mass is 19.1. The van der Waals surface area contributed by atoms with Crippen LogP contribution in [0.3, 0.4) is 0 Å². The van der Waals surface area contributed by atoms with Gasteiger partial charge in [-0.15, -0.1) is 9.78 Å². The Kier molecular flexibility index (Phi) is 14.5. The number of rotatable bonds is 18. The number of carbonyl (C=O) groups excluding carboxylic acids is 2. The normalized spacial score (nSPS) is 11.9. The number of nitrogens with two attached hydrogens (primary N) is 1. The topological polar surface area (TPSA) is 196 Å². The first-order valence-corrected chi connectivity index (χ1v) is 16.8. The van der Waals surface area contributed by atoms with Gasteiger partial charge < -0.3 is 39.5 Å². The molecule has 0 spiro atoms. The van der Waals surface area contributed by atoms with E-state index in [2.05, 4.69) is 30.4 Å². The molecule has 3 N–H and O–H groups in total. The Morgan fingerprint density at radius 2 is 1.75 bits per heavy atom. The van der Waals surface area contributed by atoms with Crippen molar-refractivity contribution in [1.29, 1.82) is 0 Å². The van der Waals surface area contributed by atoms with E-state index in [0.717, 1.165) is 6.42 Å². The van der Waals surface area contributed by atoms with Crippen LogP contribution in [0.1, 0.15) is 76.4 Å². The molecule has 52 heavy (non-hydrogen) atoms. The van der Waals surface area contributed by atoms with Gasteiger partial charge in [0, 0.05) is 35.3 Å². The number of aliphatic imine (C=N–C) groups is 1. The van der Waals surface area contributed by atoms with E-state index in [1.165, 1.54) is 36.3 Å². The maximum absolute atomic E-state index is 16.2. The lowest BCUT2D eigenvalue weighted by Crippen LogP contribution is -2.20. The number of ether oxygens (including phenoxy) is 6. The highest BCUT2D eigenvalue weighted by molar-refractivity contribution is 6.02. The number of unbranched alkanes of at least 4 members (excludes halogenated alkanes) is 1. The number of carbonyl (C=O) groups is 2. The minimum absolute atomic E-state index is 0.0108. The lowest BCUT2D eigenvalue weighted by Gasteiger charge is -2.20. The lowest BCUT2D eigenvalue weighted by atomic mass is 10.0. The Morgan fingerprint density at radius 1 is 1.02 bits per heavy atom. The molecule has 16 nitrogen and oxygen atoms in total. The van der Waals surface area contributed by atoms with Crippen LogP contribution in [-0.4, -0.2) is 76.0 Å². The fourth-order valence-electron chi connectivity index (χ4n) is 4.68. The van der Waals surface area contributed by atoms with Gasteiger partial charge in [-0.3, -0.25) is 0 Å². The molecule has 2 aromatic heterocycles. The molecule has 0 unspecified atom stereocenters. The third kappa shape index (κ3) is 10.5. The molecule has 1 atom stereocenters. The number of nitrogens with zero attached hydrogens (tertiary/aromatic N) is 6. The number of anilines is 1. The summed E-state index contributed by atoms with van der Waals surface area (Å²) in [6, 6.07) is 9.82. The van der Waals surface area contributed by atoms with Crippen molar-refractivity contribution in [3.05, 3.63) is 77.6 Å². The monoisotopic (exact) mass is 722 g/mol. The average molecular weight is 723 g/mol. The van der Waals surface area contributed by atoms with Gasteiger partial charge in [0.15, 0.2) is 17.4 Å². The Labute approximate surface area is 300 Å². The molecule has 0 aliphatic rings. The van der Waals surface area contributed by atoms with E-state index in [9.17, 15) is 9.59 Å². The largest absolute Gasteiger partial charge is 0.511 e. The Balaban J connectivity index is 1.72. The minimum Gasteiger partial charge on any atom is -0.497 e. The van der Waals surface area contributed by atoms with E-state index in [-0.39, 0.29) is 54.2 Å².